The fourth-order valence-electron chi connectivity index (χ4n) is 3.09. The Hall–Kier alpha value is -5.40. The molecule has 1 heterocycles. The Morgan fingerprint density at radius 2 is 1.38 bits per heavy atom. The lowest BCUT2D eigenvalue weighted by Gasteiger charge is -2.31. The minimum atomic E-state index is -0.511. The molecule has 14 nitrogen and oxygen atoms in total. The zero-order chi connectivity index (χ0) is 24.1. The molecule has 0 saturated heterocycles. The van der Waals surface area contributed by atoms with Gasteiger partial charge in [-0.05, 0) is 29.5 Å². The third-order valence-corrected chi connectivity index (χ3v) is 4.61. The Kier molecular flexibility index (Phi) is 6.03. The average molecular weight is 460 g/mol. The number of anilines is 2. The molecule has 4 rings (SSSR count). The topological polar surface area (TPSA) is 171 Å². The van der Waals surface area contributed by atoms with Crippen LogP contribution >= 0.6 is 0 Å². The smallest absolute Gasteiger partial charge is 0.269 e. The number of hydrazone groups is 2. The predicted molar refractivity (Wildman–Crippen MR) is 124 cm³/mol. The quantitative estimate of drug-likeness (QED) is 0.139. The highest BCUT2D eigenvalue weighted by atomic mass is 16.6. The van der Waals surface area contributed by atoms with Crippen molar-refractivity contribution < 1.29 is 9.85 Å². The first kappa shape index (κ1) is 21.8. The highest BCUT2D eigenvalue weighted by molar-refractivity contribution is 6.02. The van der Waals surface area contributed by atoms with E-state index in [1.165, 1.54) is 63.9 Å². The standard InChI is InChI=1S/C20H16N10O4/c21-22-14-23-25-27-20(15-4-2-1-3-5-15)24-26(16-6-10-18(11-7-16)29(31)32)28(27)17-8-12-19(13-9-17)30(33)34/h1-14H,21H2. The summed E-state index contributed by atoms with van der Waals surface area (Å²) in [6.45, 7) is 0. The van der Waals surface area contributed by atoms with Gasteiger partial charge in [-0.3, -0.25) is 20.2 Å². The van der Waals surface area contributed by atoms with Gasteiger partial charge in [0.15, 0.2) is 6.34 Å². The predicted octanol–water partition coefficient (Wildman–Crippen LogP) is 3.59. The third-order valence-electron chi connectivity index (χ3n) is 4.61. The SMILES string of the molecule is NN=CN=NN1C(c2ccccc2)=NN(c2ccc([N+](=O)[O-])cc2)N1c1ccc([N+](=O)[O-])cc1. The van der Waals surface area contributed by atoms with E-state index in [-0.39, 0.29) is 11.4 Å². The van der Waals surface area contributed by atoms with E-state index in [9.17, 15) is 20.2 Å². The molecule has 0 fully saturated rings. The van der Waals surface area contributed by atoms with Gasteiger partial charge in [-0.25, -0.2) is 0 Å². The number of non-ortho nitro benzene ring substituents is 2. The summed E-state index contributed by atoms with van der Waals surface area (Å²) in [4.78, 5) is 21.2. The van der Waals surface area contributed by atoms with Crippen molar-refractivity contribution in [3.8, 4) is 0 Å². The Morgan fingerprint density at radius 1 is 0.824 bits per heavy atom. The van der Waals surface area contributed by atoms with Gasteiger partial charge < -0.3 is 5.84 Å². The summed E-state index contributed by atoms with van der Waals surface area (Å²) in [6, 6.07) is 20.5. The molecular formula is C20H16N10O4. The van der Waals surface area contributed by atoms with Crippen LogP contribution in [-0.2, 0) is 0 Å². The maximum absolute atomic E-state index is 11.1. The van der Waals surface area contributed by atoms with Crippen LogP contribution in [0.1, 0.15) is 5.56 Å². The normalized spacial score (nSPS) is 13.6. The van der Waals surface area contributed by atoms with Crippen molar-refractivity contribution in [1.82, 2.24) is 5.12 Å². The highest BCUT2D eigenvalue weighted by Gasteiger charge is 2.35. The summed E-state index contributed by atoms with van der Waals surface area (Å²) in [5.41, 5.74) is 1.40. The van der Waals surface area contributed by atoms with E-state index >= 15 is 0 Å². The molecule has 0 amide bonds. The van der Waals surface area contributed by atoms with Gasteiger partial charge in [-0.2, -0.15) is 5.10 Å². The Morgan fingerprint density at radius 3 is 1.91 bits per heavy atom. The van der Waals surface area contributed by atoms with E-state index < -0.39 is 9.85 Å². The Balaban J connectivity index is 1.85. The van der Waals surface area contributed by atoms with E-state index in [0.717, 1.165) is 6.34 Å². The minimum Gasteiger partial charge on any atom is -0.322 e. The van der Waals surface area contributed by atoms with E-state index in [0.29, 0.717) is 22.8 Å². The molecule has 0 aromatic heterocycles. The van der Waals surface area contributed by atoms with Crippen LogP contribution in [0.2, 0.25) is 0 Å². The molecule has 0 spiro atoms. The number of nitro benzene ring substituents is 2. The zero-order valence-electron chi connectivity index (χ0n) is 17.3. The average Bonchev–Trinajstić information content (AvgIpc) is 3.24. The van der Waals surface area contributed by atoms with Gasteiger partial charge in [0.1, 0.15) is 0 Å². The summed E-state index contributed by atoms with van der Waals surface area (Å²) in [5.74, 6) is 5.48. The molecule has 0 unspecified atom stereocenters. The fraction of sp³-hybridized carbons (Fsp3) is 0. The second-order valence-electron chi connectivity index (χ2n) is 6.67. The number of benzene rings is 3. The highest BCUT2D eigenvalue weighted by Crippen LogP contribution is 2.33. The molecule has 170 valence electrons. The molecule has 0 radical (unpaired) electrons. The van der Waals surface area contributed by atoms with Crippen molar-refractivity contribution in [1.29, 1.82) is 0 Å². The molecule has 2 N–H and O–H groups in total. The molecule has 14 heteroatoms. The number of hydrogen-bond acceptors (Lipinski definition) is 10. The van der Waals surface area contributed by atoms with Crippen LogP contribution in [-0.4, -0.2) is 27.1 Å². The number of nitrogens with two attached hydrogens (primary N) is 1. The molecule has 34 heavy (non-hydrogen) atoms. The van der Waals surface area contributed by atoms with Crippen LogP contribution in [0.3, 0.4) is 0 Å². The maximum atomic E-state index is 11.1. The van der Waals surface area contributed by atoms with Gasteiger partial charge in [-0.1, -0.05) is 30.3 Å². The summed E-state index contributed by atoms with van der Waals surface area (Å²) < 4.78 is 0. The number of hydrazine groups is 2. The van der Waals surface area contributed by atoms with Crippen molar-refractivity contribution in [3.63, 3.8) is 0 Å². The minimum absolute atomic E-state index is 0.0900. The fourth-order valence-corrected chi connectivity index (χ4v) is 3.09. The monoisotopic (exact) mass is 460 g/mol. The first-order chi connectivity index (χ1) is 16.5. The Bertz CT molecular complexity index is 1280. The number of amidine groups is 1. The molecule has 1 aliphatic rings. The molecule has 0 aliphatic carbocycles. The molecular weight excluding hydrogens is 444 g/mol. The number of rotatable bonds is 7. The van der Waals surface area contributed by atoms with E-state index in [2.05, 4.69) is 20.5 Å². The van der Waals surface area contributed by atoms with Crippen LogP contribution in [0.4, 0.5) is 22.7 Å². The van der Waals surface area contributed by atoms with Crippen LogP contribution in [0.15, 0.2) is 99.4 Å². The number of hydrogen-bond donors (Lipinski definition) is 1. The lowest BCUT2D eigenvalue weighted by Crippen LogP contribution is -2.45. The molecule has 3 aromatic carbocycles. The summed E-state index contributed by atoms with van der Waals surface area (Å²) >= 11 is 0. The van der Waals surface area contributed by atoms with Crippen LogP contribution in [0, 0.1) is 20.2 Å². The van der Waals surface area contributed by atoms with Crippen LogP contribution in [0.5, 0.6) is 0 Å². The lowest BCUT2D eigenvalue weighted by molar-refractivity contribution is -0.385. The van der Waals surface area contributed by atoms with Gasteiger partial charge in [0.25, 0.3) is 11.4 Å². The van der Waals surface area contributed by atoms with Crippen molar-refractivity contribution in [2.24, 2.45) is 26.4 Å². The van der Waals surface area contributed by atoms with Gasteiger partial charge in [0.05, 0.1) is 21.2 Å². The van der Waals surface area contributed by atoms with Crippen molar-refractivity contribution in [2.45, 2.75) is 0 Å². The van der Waals surface area contributed by atoms with Crippen LogP contribution < -0.4 is 16.1 Å². The third kappa shape index (κ3) is 4.31. The zero-order valence-corrected chi connectivity index (χ0v) is 17.3. The van der Waals surface area contributed by atoms with Crippen molar-refractivity contribution >= 4 is 34.9 Å². The first-order valence-corrected chi connectivity index (χ1v) is 9.65. The van der Waals surface area contributed by atoms with Gasteiger partial charge in [-0.15, -0.1) is 25.6 Å². The summed E-state index contributed by atoms with van der Waals surface area (Å²) in [7, 11) is 0. The Labute approximate surface area is 191 Å². The first-order valence-electron chi connectivity index (χ1n) is 9.65. The van der Waals surface area contributed by atoms with Crippen LogP contribution in [0.25, 0.3) is 0 Å². The molecule has 3 aromatic rings. The van der Waals surface area contributed by atoms with Gasteiger partial charge in [0.2, 0.25) is 5.84 Å². The molecule has 0 saturated carbocycles. The van der Waals surface area contributed by atoms with Crippen molar-refractivity contribution in [3.05, 3.63) is 105 Å². The second kappa shape index (κ2) is 9.39. The lowest BCUT2D eigenvalue weighted by atomic mass is 10.2. The summed E-state index contributed by atoms with van der Waals surface area (Å²) in [6.07, 6.45) is 1.03. The van der Waals surface area contributed by atoms with E-state index in [1.807, 2.05) is 30.3 Å². The second-order valence-corrected chi connectivity index (χ2v) is 6.67. The van der Waals surface area contributed by atoms with Crippen molar-refractivity contribution in [2.75, 3.05) is 10.2 Å². The molecule has 1 aliphatic heterocycles. The van der Waals surface area contributed by atoms with Gasteiger partial charge >= 0.3 is 0 Å². The maximum Gasteiger partial charge on any atom is 0.269 e. The summed E-state index contributed by atoms with van der Waals surface area (Å²) in [5, 5.41) is 42.4. The molecule has 0 bridgehead atoms. The van der Waals surface area contributed by atoms with Gasteiger partial charge in [0, 0.05) is 29.8 Å². The van der Waals surface area contributed by atoms with E-state index in [1.54, 1.807) is 0 Å². The van der Waals surface area contributed by atoms with E-state index in [4.69, 9.17) is 5.84 Å². The number of nitrogens with zero attached hydrogens (tertiary/aromatic N) is 9. The molecule has 0 atom stereocenters. The number of nitro groups is 2. The largest absolute Gasteiger partial charge is 0.322 e.